The Labute approximate surface area is 234 Å². The normalized spacial score (nSPS) is 24.7. The molecule has 208 valence electrons. The van der Waals surface area contributed by atoms with Crippen molar-refractivity contribution in [3.05, 3.63) is 83.9 Å². The van der Waals surface area contributed by atoms with Crippen LogP contribution in [0.4, 0.5) is 16.2 Å². The van der Waals surface area contributed by atoms with E-state index in [-0.39, 0.29) is 18.6 Å². The van der Waals surface area contributed by atoms with Crippen LogP contribution in [-0.2, 0) is 27.3 Å². The molecule has 8 nitrogen and oxygen atoms in total. The number of amides is 2. The van der Waals surface area contributed by atoms with Crippen molar-refractivity contribution >= 4 is 23.4 Å². The van der Waals surface area contributed by atoms with Crippen LogP contribution in [0.15, 0.2) is 72.8 Å². The summed E-state index contributed by atoms with van der Waals surface area (Å²) in [6.45, 7) is -0.0234. The molecule has 0 spiro atoms. The molecule has 3 aliphatic rings. The van der Waals surface area contributed by atoms with Gasteiger partial charge in [-0.25, -0.2) is 4.79 Å². The molecule has 8 heteroatoms. The number of ether oxygens (including phenoxy) is 2. The summed E-state index contributed by atoms with van der Waals surface area (Å²) in [7, 11) is 2.14. The summed E-state index contributed by atoms with van der Waals surface area (Å²) in [5, 5.41) is 15.1. The molecule has 3 aromatic carbocycles. The summed E-state index contributed by atoms with van der Waals surface area (Å²) in [4.78, 5) is 27.8. The standard InChI is InChI=1S/C32H35N3O5/c1-35-27-17-24(18-28(35)31-30(27)40-31)39-32(38)34-26-15-12-20(16-25(26)22-7-3-2-4-8-22)6-5-9-29(37)33-23-13-10-21(19-36)11-14-23/h2-4,7-8,10-16,24,27-28,30-31,36H,5-6,9,17-19H2,1H3,(H,33,37)(H,34,38)/t24-,27-,28-,30-,31+/m0/s1. The van der Waals surface area contributed by atoms with Gasteiger partial charge < -0.3 is 19.9 Å². The molecular formula is C32H35N3O5. The van der Waals surface area contributed by atoms with E-state index >= 15 is 0 Å². The highest BCUT2D eigenvalue weighted by molar-refractivity contribution is 5.92. The molecule has 0 aromatic heterocycles. The van der Waals surface area contributed by atoms with E-state index in [1.807, 2.05) is 42.5 Å². The number of piperidine rings is 1. The first-order valence-corrected chi connectivity index (χ1v) is 14.0. The lowest BCUT2D eigenvalue weighted by Gasteiger charge is -2.37. The molecule has 6 rings (SSSR count). The van der Waals surface area contributed by atoms with E-state index in [9.17, 15) is 14.7 Å². The number of rotatable bonds is 9. The van der Waals surface area contributed by atoms with Crippen molar-refractivity contribution in [2.24, 2.45) is 0 Å². The predicted molar refractivity (Wildman–Crippen MR) is 153 cm³/mol. The maximum absolute atomic E-state index is 13.0. The van der Waals surface area contributed by atoms with Crippen molar-refractivity contribution in [3.8, 4) is 11.1 Å². The Hall–Kier alpha value is -3.72. The third-order valence-corrected chi connectivity index (χ3v) is 8.34. The SMILES string of the molecule is CN1[C@H]2C[C@H](OC(=O)Nc3ccc(CCCC(=O)Nc4ccc(CO)cc4)cc3-c3ccccc3)C[C@H]1[C@H]1O[C@H]12. The first kappa shape index (κ1) is 26.5. The molecule has 3 aliphatic heterocycles. The minimum atomic E-state index is -0.433. The summed E-state index contributed by atoms with van der Waals surface area (Å²) in [6.07, 6.45) is 3.46. The minimum absolute atomic E-state index is 0.0234. The lowest BCUT2D eigenvalue weighted by Crippen LogP contribution is -2.48. The van der Waals surface area contributed by atoms with Gasteiger partial charge in [-0.05, 0) is 60.8 Å². The number of likely N-dealkylation sites (N-methyl/N-ethyl adjacent to an activating group) is 1. The molecule has 40 heavy (non-hydrogen) atoms. The number of carbonyl (C=O) groups is 2. The van der Waals surface area contributed by atoms with Crippen LogP contribution in [0.2, 0.25) is 0 Å². The number of epoxide rings is 1. The van der Waals surface area contributed by atoms with Crippen LogP contribution in [0.1, 0.15) is 36.8 Å². The number of nitrogens with one attached hydrogen (secondary N) is 2. The zero-order valence-corrected chi connectivity index (χ0v) is 22.6. The van der Waals surface area contributed by atoms with Crippen LogP contribution >= 0.6 is 0 Å². The Morgan fingerprint density at radius 2 is 1.65 bits per heavy atom. The van der Waals surface area contributed by atoms with E-state index in [0.29, 0.717) is 48.5 Å². The highest BCUT2D eigenvalue weighted by Gasteiger charge is 2.62. The quantitative estimate of drug-likeness (QED) is 0.331. The first-order valence-electron chi connectivity index (χ1n) is 14.0. The van der Waals surface area contributed by atoms with Crippen molar-refractivity contribution in [3.63, 3.8) is 0 Å². The predicted octanol–water partition coefficient (Wildman–Crippen LogP) is 4.97. The topological polar surface area (TPSA) is 103 Å². The summed E-state index contributed by atoms with van der Waals surface area (Å²) < 4.78 is 11.6. The largest absolute Gasteiger partial charge is 0.446 e. The summed E-state index contributed by atoms with van der Waals surface area (Å²) in [5.74, 6) is -0.0488. The van der Waals surface area contributed by atoms with Gasteiger partial charge in [-0.15, -0.1) is 0 Å². The number of nitrogens with zero attached hydrogens (tertiary/aromatic N) is 1. The number of morpholine rings is 1. The molecular weight excluding hydrogens is 506 g/mol. The second-order valence-electron chi connectivity index (χ2n) is 11.0. The Morgan fingerprint density at radius 3 is 2.35 bits per heavy atom. The molecule has 5 atom stereocenters. The molecule has 0 saturated carbocycles. The number of aliphatic hydroxyl groups is 1. The van der Waals surface area contributed by atoms with Gasteiger partial charge in [0, 0.05) is 42.6 Å². The zero-order valence-electron chi connectivity index (χ0n) is 22.6. The molecule has 3 saturated heterocycles. The van der Waals surface area contributed by atoms with Crippen molar-refractivity contribution < 1.29 is 24.2 Å². The summed E-state index contributed by atoms with van der Waals surface area (Å²) in [6, 6.07) is 23.8. The number of hydrogen-bond donors (Lipinski definition) is 3. The van der Waals surface area contributed by atoms with E-state index in [1.54, 1.807) is 24.3 Å². The second-order valence-corrected chi connectivity index (χ2v) is 11.0. The van der Waals surface area contributed by atoms with Crippen molar-refractivity contribution in [1.29, 1.82) is 0 Å². The molecule has 0 unspecified atom stereocenters. The molecule has 2 amide bonds. The lowest BCUT2D eigenvalue weighted by molar-refractivity contribution is -0.116. The van der Waals surface area contributed by atoms with Crippen LogP contribution in [0.25, 0.3) is 11.1 Å². The Kier molecular flexibility index (Phi) is 7.56. The monoisotopic (exact) mass is 541 g/mol. The number of aryl methyl sites for hydroxylation is 1. The Bertz CT molecular complexity index is 1340. The average molecular weight is 542 g/mol. The molecule has 3 aromatic rings. The highest BCUT2D eigenvalue weighted by atomic mass is 16.6. The van der Waals surface area contributed by atoms with Gasteiger partial charge in [0.25, 0.3) is 0 Å². The van der Waals surface area contributed by atoms with Gasteiger partial charge in [0.05, 0.1) is 12.3 Å². The summed E-state index contributed by atoms with van der Waals surface area (Å²) in [5.41, 5.74) is 5.22. The number of anilines is 2. The molecule has 3 N–H and O–H groups in total. The maximum Gasteiger partial charge on any atom is 0.411 e. The number of aliphatic hydroxyl groups excluding tert-OH is 1. The van der Waals surface area contributed by atoms with Gasteiger partial charge in [0.15, 0.2) is 0 Å². The van der Waals surface area contributed by atoms with Gasteiger partial charge in [0.1, 0.15) is 18.3 Å². The van der Waals surface area contributed by atoms with Crippen LogP contribution < -0.4 is 10.6 Å². The van der Waals surface area contributed by atoms with Gasteiger partial charge in [-0.1, -0.05) is 48.5 Å². The van der Waals surface area contributed by atoms with Crippen LogP contribution in [-0.4, -0.2) is 59.5 Å². The first-order chi connectivity index (χ1) is 19.5. The van der Waals surface area contributed by atoms with Gasteiger partial charge >= 0.3 is 6.09 Å². The zero-order chi connectivity index (χ0) is 27.6. The molecule has 3 fully saturated rings. The van der Waals surface area contributed by atoms with Crippen LogP contribution in [0.3, 0.4) is 0 Å². The van der Waals surface area contributed by atoms with Crippen LogP contribution in [0.5, 0.6) is 0 Å². The van der Waals surface area contributed by atoms with E-state index in [2.05, 4.69) is 28.6 Å². The third kappa shape index (κ3) is 5.75. The fourth-order valence-corrected chi connectivity index (χ4v) is 6.17. The van der Waals surface area contributed by atoms with Crippen LogP contribution in [0, 0.1) is 0 Å². The fraction of sp³-hybridized carbons (Fsp3) is 0.375. The number of carbonyl (C=O) groups excluding carboxylic acids is 2. The maximum atomic E-state index is 13.0. The van der Waals surface area contributed by atoms with E-state index < -0.39 is 6.09 Å². The molecule has 3 heterocycles. The number of fused-ring (bicyclic) bond motifs is 5. The number of hydrogen-bond acceptors (Lipinski definition) is 6. The lowest BCUT2D eigenvalue weighted by atomic mass is 9.98. The Morgan fingerprint density at radius 1 is 0.950 bits per heavy atom. The van der Waals surface area contributed by atoms with Gasteiger partial charge in [-0.2, -0.15) is 0 Å². The molecule has 0 aliphatic carbocycles. The van der Waals surface area contributed by atoms with E-state index in [0.717, 1.165) is 41.5 Å². The fourth-order valence-electron chi connectivity index (χ4n) is 6.17. The minimum Gasteiger partial charge on any atom is -0.446 e. The second kappa shape index (κ2) is 11.4. The third-order valence-electron chi connectivity index (χ3n) is 8.34. The van der Waals surface area contributed by atoms with E-state index in [1.165, 1.54) is 0 Å². The average Bonchev–Trinajstić information content (AvgIpc) is 3.73. The Balaban J connectivity index is 1.07. The summed E-state index contributed by atoms with van der Waals surface area (Å²) >= 11 is 0. The number of benzene rings is 3. The van der Waals surface area contributed by atoms with E-state index in [4.69, 9.17) is 9.47 Å². The van der Waals surface area contributed by atoms with Crippen molar-refractivity contribution in [2.45, 2.75) is 69.1 Å². The van der Waals surface area contributed by atoms with Gasteiger partial charge in [-0.3, -0.25) is 15.0 Å². The molecule has 2 bridgehead atoms. The highest BCUT2D eigenvalue weighted by Crippen LogP contribution is 2.48. The van der Waals surface area contributed by atoms with Crippen molar-refractivity contribution in [2.75, 3.05) is 17.7 Å². The molecule has 0 radical (unpaired) electrons. The van der Waals surface area contributed by atoms with Crippen molar-refractivity contribution in [1.82, 2.24) is 4.90 Å². The smallest absolute Gasteiger partial charge is 0.411 e. The van der Waals surface area contributed by atoms with Gasteiger partial charge in [0.2, 0.25) is 5.91 Å².